The van der Waals surface area contributed by atoms with E-state index in [4.69, 9.17) is 23.7 Å². The number of phenols is 1. The summed E-state index contributed by atoms with van der Waals surface area (Å²) in [7, 11) is 0. The van der Waals surface area contributed by atoms with Crippen LogP contribution in [0.2, 0.25) is 0 Å². The van der Waals surface area contributed by atoms with Gasteiger partial charge in [0, 0.05) is 173 Å². The van der Waals surface area contributed by atoms with E-state index in [9.17, 15) is 5.11 Å². The molecule has 0 amide bonds. The molecule has 7 spiro atoms. The summed E-state index contributed by atoms with van der Waals surface area (Å²) in [6, 6.07) is 68.9. The summed E-state index contributed by atoms with van der Waals surface area (Å²) in [5.41, 5.74) is 27.3. The highest BCUT2D eigenvalue weighted by atomic mass is 16.5. The van der Waals surface area contributed by atoms with E-state index < -0.39 is 0 Å². The number of nitrogens with zero attached hydrogens (tertiary/aromatic N) is 8. The third kappa shape index (κ3) is 24.3. The molecule has 6 unspecified atom stereocenters. The number of ether oxygens (including phenoxy) is 5. The van der Waals surface area contributed by atoms with E-state index in [1.165, 1.54) is 224 Å². The number of fused-ring (bicyclic) bond motifs is 15. The summed E-state index contributed by atoms with van der Waals surface area (Å²) in [6.45, 7) is 86.3. The molecule has 7 saturated heterocycles. The molecule has 15 aliphatic rings. The van der Waals surface area contributed by atoms with Crippen molar-refractivity contribution in [1.82, 2.24) is 9.80 Å². The van der Waals surface area contributed by atoms with Crippen molar-refractivity contribution in [2.75, 3.05) is 161 Å². The van der Waals surface area contributed by atoms with Gasteiger partial charge in [-0.25, -0.2) is 0 Å². The van der Waals surface area contributed by atoms with Gasteiger partial charge in [0.05, 0.1) is 31.0 Å². The van der Waals surface area contributed by atoms with Crippen molar-refractivity contribution in [3.63, 3.8) is 0 Å². The van der Waals surface area contributed by atoms with E-state index in [1.54, 1.807) is 33.9 Å². The van der Waals surface area contributed by atoms with Crippen LogP contribution in [0.15, 0.2) is 188 Å². The molecule has 14 heteroatoms. The molecule has 1 N–H and O–H groups in total. The van der Waals surface area contributed by atoms with Gasteiger partial charge in [-0.1, -0.05) is 221 Å². The van der Waals surface area contributed by atoms with Crippen LogP contribution in [-0.2, 0) is 68.4 Å². The molecule has 23 rings (SSSR count). The first kappa shape index (κ1) is 113. The summed E-state index contributed by atoms with van der Waals surface area (Å²) in [6.07, 6.45) is 24.7. The minimum atomic E-state index is -0.0239. The van der Waals surface area contributed by atoms with E-state index in [0.29, 0.717) is 55.5 Å². The highest BCUT2D eigenvalue weighted by Gasteiger charge is 2.54. The van der Waals surface area contributed by atoms with Gasteiger partial charge in [-0.3, -0.25) is 0 Å². The highest BCUT2D eigenvalue weighted by molar-refractivity contribution is 5.69. The molecule has 0 radical (unpaired) electrons. The Morgan fingerprint density at radius 3 is 1.09 bits per heavy atom. The summed E-state index contributed by atoms with van der Waals surface area (Å²) < 4.78 is 29.3. The lowest BCUT2D eigenvalue weighted by Gasteiger charge is -2.51. The highest BCUT2D eigenvalue weighted by Crippen LogP contribution is 2.59. The van der Waals surface area contributed by atoms with Crippen LogP contribution >= 0.6 is 0 Å². The van der Waals surface area contributed by atoms with Crippen LogP contribution in [0.25, 0.3) is 0 Å². The second kappa shape index (κ2) is 44.1. The first-order chi connectivity index (χ1) is 69.7. The fourth-order valence-corrected chi connectivity index (χ4v) is 28.9. The first-order valence-electron chi connectivity index (χ1n) is 58.3. The topological polar surface area (TPSA) is 92.3 Å². The number of aryl methyl sites for hydroxylation is 1. The molecule has 6 atom stereocenters. The lowest BCUT2D eigenvalue weighted by Crippen LogP contribution is -2.52. The Bertz CT molecular complexity index is 5510. The van der Waals surface area contributed by atoms with Crippen LogP contribution in [0.1, 0.15) is 383 Å². The third-order valence-electron chi connectivity index (χ3n) is 37.0. The average Bonchev–Trinajstić information content (AvgIpc) is 1.68. The third-order valence-corrected chi connectivity index (χ3v) is 37.0. The fraction of sp³-hybridized carbons (Fsp3) is 0.642. The molecule has 2 aliphatic carbocycles. The number of piperidine rings is 2. The lowest BCUT2D eigenvalue weighted by molar-refractivity contribution is -0.0212. The number of hydrogen-bond donors (Lipinski definition) is 1. The number of rotatable bonds is 2. The van der Waals surface area contributed by atoms with Gasteiger partial charge in [0.15, 0.2) is 0 Å². The molecule has 14 nitrogen and oxygen atoms in total. The van der Waals surface area contributed by atoms with Crippen LogP contribution in [0.4, 0.5) is 34.1 Å². The molecule has 810 valence electrons. The van der Waals surface area contributed by atoms with E-state index in [-0.39, 0.29) is 49.9 Å². The predicted molar refractivity (Wildman–Crippen MR) is 626 cm³/mol. The minimum Gasteiger partial charge on any atom is -0.506 e. The molecule has 0 bridgehead atoms. The van der Waals surface area contributed by atoms with Gasteiger partial charge in [-0.15, -0.1) is 0 Å². The Balaban J connectivity index is 0.000000121. The Morgan fingerprint density at radius 2 is 0.642 bits per heavy atom. The summed E-state index contributed by atoms with van der Waals surface area (Å²) in [5.74, 6) is 1.78. The van der Waals surface area contributed by atoms with Crippen molar-refractivity contribution in [2.45, 2.75) is 406 Å². The largest absolute Gasteiger partial charge is 0.506 e. The van der Waals surface area contributed by atoms with Crippen LogP contribution < -0.4 is 29.4 Å². The van der Waals surface area contributed by atoms with Crippen molar-refractivity contribution < 1.29 is 28.8 Å². The molecule has 148 heavy (non-hydrogen) atoms. The molecule has 13 heterocycles. The predicted octanol–water partition coefficient (Wildman–Crippen LogP) is 30.6. The number of phenolic OH excluding ortho intramolecular Hbond substituents is 1. The molecular weight excluding hydrogens is 1820 g/mol. The van der Waals surface area contributed by atoms with Crippen LogP contribution in [0, 0.1) is 16.2 Å². The standard InChI is InChI=1S/C21H34N2.C19H30N2.C17H25NO.2C17H24O.2C15H21NO.C13H19NO/c1-19(2,3)15-22-13-11-21(12-14-22)16-23(20(4,5)6)18-10-8-7-9-17(18)21;1-5-20-13-10-19(11-14-20)12-15-21(18(2,3)4)17-9-7-6-8-16(17)19;1-16(2,3)18-11-8-17(9-12-19-13-10-17)14-6-4-5-7-15(14)18;1-16(2,3)14-9-11-17(10-6-12-18-17)15-8-5-4-7-13(14)15;1-16(2,3)14-8-9-17(10-11-18-12-17)15-7-5-4-6-13(14)15;1-14(2,3)16-11-15(9-6-10-17-15)12-7-4-5-8-13(12)16;1-14(2,3)16-10-15(8-9-17-11-15)12-6-4-5-7-13(12)16;1-13(2,3)14-9-5-7-10-6-4-8-11(15)12(10)14/h7-10H,11-16H2,1-6H3;6-9H,5,10-15H2,1-4H3;4-7H,8-13H2,1-3H3;4-5,7-8,14H,6,9-12H2,1-3H3;4-7,14H,8-12H2,1-3H3;4-5,7-8H,6,9-11H2,1-3H3;4-7H,8-11H2,1-3H3;4,6,8,15H,5,7,9H2,1-3H3. The maximum Gasteiger partial charge on any atom is 0.139 e. The molecular formula is C134H198N8O6. The van der Waals surface area contributed by atoms with Gasteiger partial charge < -0.3 is 68.0 Å². The number of anilines is 6. The second-order valence-electron chi connectivity index (χ2n) is 56.6. The van der Waals surface area contributed by atoms with Crippen LogP contribution in [0.5, 0.6) is 5.75 Å². The van der Waals surface area contributed by atoms with Crippen molar-refractivity contribution in [2.24, 2.45) is 16.2 Å². The number of hydrogen-bond acceptors (Lipinski definition) is 14. The zero-order valence-corrected chi connectivity index (χ0v) is 97.9. The van der Waals surface area contributed by atoms with E-state index in [1.807, 2.05) is 6.07 Å². The molecule has 0 aromatic heterocycles. The Labute approximate surface area is 899 Å². The van der Waals surface area contributed by atoms with Crippen molar-refractivity contribution in [1.29, 1.82) is 0 Å². The fourth-order valence-electron chi connectivity index (χ4n) is 28.9. The van der Waals surface area contributed by atoms with Crippen molar-refractivity contribution in [3.8, 4) is 5.75 Å². The number of benzene rings is 8. The zero-order valence-electron chi connectivity index (χ0n) is 97.9. The molecule has 8 aromatic rings. The van der Waals surface area contributed by atoms with Gasteiger partial charge in [0.1, 0.15) is 11.4 Å². The van der Waals surface area contributed by atoms with E-state index in [2.05, 4.69) is 409 Å². The first-order valence-corrected chi connectivity index (χ1v) is 58.3. The molecule has 7 fully saturated rings. The van der Waals surface area contributed by atoms with Crippen molar-refractivity contribution >= 4 is 34.1 Å². The summed E-state index contributed by atoms with van der Waals surface area (Å²) >= 11 is 0. The smallest absolute Gasteiger partial charge is 0.139 e. The van der Waals surface area contributed by atoms with Crippen LogP contribution in [-0.4, -0.2) is 180 Å². The molecule has 0 saturated carbocycles. The minimum absolute atomic E-state index is 0.0239. The normalized spacial score (nSPS) is 25.2. The maximum absolute atomic E-state index is 9.95. The van der Waals surface area contributed by atoms with Gasteiger partial charge in [0.25, 0.3) is 0 Å². The summed E-state index contributed by atoms with van der Waals surface area (Å²) in [5, 5.41) is 9.95. The summed E-state index contributed by atoms with van der Waals surface area (Å²) in [4.78, 5) is 20.4. The number of aromatic hydroxyl groups is 1. The monoisotopic (exact) mass is 2020 g/mol. The quantitative estimate of drug-likeness (QED) is 0.178. The van der Waals surface area contributed by atoms with E-state index >= 15 is 0 Å². The van der Waals surface area contributed by atoms with Gasteiger partial charge in [0.2, 0.25) is 0 Å². The van der Waals surface area contributed by atoms with Gasteiger partial charge in [-0.2, -0.15) is 0 Å². The number of likely N-dealkylation sites (tertiary alicyclic amines) is 2. The molecule has 13 aliphatic heterocycles. The van der Waals surface area contributed by atoms with E-state index in [0.717, 1.165) is 97.4 Å². The second-order valence-corrected chi connectivity index (χ2v) is 56.6. The Morgan fingerprint density at radius 1 is 0.284 bits per heavy atom. The SMILES string of the molecule is CC(C)(C)C1CCC2(CCCO2)c2ccccc21.CC(C)(C)C1CCC2(CCOC2)c2ccccc21.CC(C)(C)CN1CCC2(CC1)CN(C(C)(C)C)c1ccccc12.CC(C)(C)N1CC2(CCCO2)c2ccccc21.CC(C)(C)N1CC2(CCOC2)c2ccccc21.CC(C)(C)N1CCC2(CCOCC2)c2ccccc21.CC(C)(C)N1CCCc2cccc(O)c21.CCN1CCC2(CC1)CCN(C(C)(C)C)c1ccccc12. The van der Waals surface area contributed by atoms with Crippen LogP contribution in [0.3, 0.4) is 0 Å². The average molecular weight is 2020 g/mol. The zero-order chi connectivity index (χ0) is 106. The van der Waals surface area contributed by atoms with Gasteiger partial charge >= 0.3 is 0 Å². The lowest BCUT2D eigenvalue weighted by atomic mass is 9.61. The van der Waals surface area contributed by atoms with Gasteiger partial charge in [-0.05, 0) is 400 Å². The Kier molecular flexibility index (Phi) is 33.6. The maximum atomic E-state index is 9.95. The van der Waals surface area contributed by atoms with Crippen molar-refractivity contribution in [3.05, 3.63) is 244 Å². The Hall–Kier alpha value is -7.92. The number of para-hydroxylation sites is 6. The molecule has 8 aromatic carbocycles.